The first kappa shape index (κ1) is 14.8. The van der Waals surface area contributed by atoms with Crippen LogP contribution in [0.15, 0.2) is 54.6 Å². The highest BCUT2D eigenvalue weighted by Crippen LogP contribution is 2.23. The predicted octanol–water partition coefficient (Wildman–Crippen LogP) is 4.08. The Labute approximate surface area is 144 Å². The van der Waals surface area contributed by atoms with Crippen molar-refractivity contribution in [2.45, 2.75) is 19.8 Å². The molecule has 0 spiro atoms. The van der Waals surface area contributed by atoms with E-state index in [0.717, 1.165) is 34.4 Å². The van der Waals surface area contributed by atoms with Crippen LogP contribution >= 0.6 is 11.3 Å². The lowest BCUT2D eigenvalue weighted by Crippen LogP contribution is -1.98. The number of aryl methyl sites for hydroxylation is 1. The Kier molecular flexibility index (Phi) is 3.96. The Morgan fingerprint density at radius 2 is 1.75 bits per heavy atom. The van der Waals surface area contributed by atoms with Gasteiger partial charge in [-0.2, -0.15) is 4.52 Å². The molecule has 0 saturated carbocycles. The monoisotopic (exact) mass is 335 g/mol. The van der Waals surface area contributed by atoms with Crippen LogP contribution in [0, 0.1) is 0 Å². The van der Waals surface area contributed by atoms with E-state index in [9.17, 15) is 0 Å². The summed E-state index contributed by atoms with van der Waals surface area (Å²) in [6.07, 6.45) is 1.76. The quantitative estimate of drug-likeness (QED) is 0.597. The van der Waals surface area contributed by atoms with Crippen LogP contribution in [0.1, 0.15) is 23.9 Å². The Morgan fingerprint density at radius 1 is 0.958 bits per heavy atom. The second-order valence-electron chi connectivity index (χ2n) is 5.56. The molecule has 5 nitrogen and oxygen atoms in total. The molecular formula is C18H17N5S. The van der Waals surface area contributed by atoms with Gasteiger partial charge in [0, 0.05) is 12.1 Å². The van der Waals surface area contributed by atoms with Crippen LogP contribution < -0.4 is 5.32 Å². The average molecular weight is 335 g/mol. The summed E-state index contributed by atoms with van der Waals surface area (Å²) in [6, 6.07) is 18.6. The van der Waals surface area contributed by atoms with Crippen molar-refractivity contribution in [2.75, 3.05) is 5.32 Å². The maximum absolute atomic E-state index is 4.61. The highest BCUT2D eigenvalue weighted by Gasteiger charge is 2.12. The summed E-state index contributed by atoms with van der Waals surface area (Å²) in [5.74, 6) is 0.849. The molecule has 4 aromatic rings. The number of rotatable bonds is 5. The van der Waals surface area contributed by atoms with Gasteiger partial charge in [-0.05, 0) is 29.7 Å². The average Bonchev–Trinajstić information content (AvgIpc) is 3.18. The minimum atomic E-state index is 0.719. The van der Waals surface area contributed by atoms with Crippen LogP contribution in [0.3, 0.4) is 0 Å². The van der Waals surface area contributed by atoms with Gasteiger partial charge in [0.25, 0.3) is 0 Å². The molecule has 0 amide bonds. The Morgan fingerprint density at radius 3 is 2.50 bits per heavy atom. The van der Waals surface area contributed by atoms with Crippen LogP contribution in [-0.2, 0) is 12.8 Å². The summed E-state index contributed by atoms with van der Waals surface area (Å²) in [6.45, 7) is 2.15. The van der Waals surface area contributed by atoms with Gasteiger partial charge in [-0.15, -0.1) is 15.3 Å². The molecule has 0 radical (unpaired) electrons. The van der Waals surface area contributed by atoms with Crippen LogP contribution in [0.25, 0.3) is 4.96 Å². The van der Waals surface area contributed by atoms with Gasteiger partial charge >= 0.3 is 0 Å². The van der Waals surface area contributed by atoms with Gasteiger partial charge in [-0.1, -0.05) is 60.7 Å². The van der Waals surface area contributed by atoms with Gasteiger partial charge in [0.2, 0.25) is 10.1 Å². The number of benzene rings is 2. The molecule has 2 heterocycles. The molecule has 24 heavy (non-hydrogen) atoms. The maximum Gasteiger partial charge on any atom is 0.236 e. The first-order valence-corrected chi connectivity index (χ1v) is 8.74. The van der Waals surface area contributed by atoms with Crippen molar-refractivity contribution in [1.29, 1.82) is 0 Å². The number of fused-ring (bicyclic) bond motifs is 1. The first-order chi connectivity index (χ1) is 11.8. The number of anilines is 2. The molecular weight excluding hydrogens is 318 g/mol. The molecule has 0 aliphatic rings. The molecule has 1 N–H and O–H groups in total. The van der Waals surface area contributed by atoms with Crippen molar-refractivity contribution in [2.24, 2.45) is 0 Å². The van der Waals surface area contributed by atoms with Gasteiger partial charge in [0.15, 0.2) is 5.82 Å². The molecule has 0 bridgehead atoms. The summed E-state index contributed by atoms with van der Waals surface area (Å²) in [4.78, 5) is 0.800. The lowest BCUT2D eigenvalue weighted by molar-refractivity contribution is 0.854. The minimum absolute atomic E-state index is 0.719. The normalized spacial score (nSPS) is 11.0. The van der Waals surface area contributed by atoms with Gasteiger partial charge in [0.1, 0.15) is 0 Å². The fourth-order valence-corrected chi connectivity index (χ4v) is 3.32. The molecule has 0 atom stereocenters. The van der Waals surface area contributed by atoms with Crippen molar-refractivity contribution >= 4 is 27.1 Å². The summed E-state index contributed by atoms with van der Waals surface area (Å²) in [5, 5.41) is 17.3. The van der Waals surface area contributed by atoms with Crippen molar-refractivity contribution in [3.8, 4) is 0 Å². The third-order valence-electron chi connectivity index (χ3n) is 3.87. The molecule has 0 aliphatic heterocycles. The number of hydrogen-bond donors (Lipinski definition) is 1. The van der Waals surface area contributed by atoms with E-state index in [1.165, 1.54) is 22.5 Å². The third-order valence-corrected chi connectivity index (χ3v) is 4.69. The zero-order valence-electron chi connectivity index (χ0n) is 13.3. The minimum Gasteiger partial charge on any atom is -0.330 e. The van der Waals surface area contributed by atoms with E-state index in [-0.39, 0.29) is 0 Å². The molecule has 0 fully saturated rings. The molecule has 0 unspecified atom stereocenters. The summed E-state index contributed by atoms with van der Waals surface area (Å²) in [5.41, 5.74) is 3.55. The van der Waals surface area contributed by atoms with E-state index in [1.54, 1.807) is 0 Å². The lowest BCUT2D eigenvalue weighted by atomic mass is 10.1. The molecule has 0 aliphatic carbocycles. The number of nitrogens with one attached hydrogen (secondary N) is 1. The van der Waals surface area contributed by atoms with E-state index < -0.39 is 0 Å². The second kappa shape index (κ2) is 6.41. The molecule has 0 saturated heterocycles. The van der Waals surface area contributed by atoms with E-state index in [4.69, 9.17) is 0 Å². The van der Waals surface area contributed by atoms with Crippen molar-refractivity contribution in [3.05, 3.63) is 71.5 Å². The van der Waals surface area contributed by atoms with E-state index >= 15 is 0 Å². The lowest BCUT2D eigenvalue weighted by Gasteiger charge is -2.03. The Bertz CT molecular complexity index is 941. The largest absolute Gasteiger partial charge is 0.330 e. The first-order valence-electron chi connectivity index (χ1n) is 7.93. The van der Waals surface area contributed by atoms with Crippen molar-refractivity contribution in [3.63, 3.8) is 0 Å². The summed E-state index contributed by atoms with van der Waals surface area (Å²) >= 11 is 1.50. The van der Waals surface area contributed by atoms with Gasteiger partial charge < -0.3 is 5.32 Å². The van der Waals surface area contributed by atoms with Gasteiger partial charge in [0.05, 0.1) is 0 Å². The molecule has 2 aromatic heterocycles. The topological polar surface area (TPSA) is 55.1 Å². The number of aromatic nitrogens is 4. The number of nitrogens with zero attached hydrogens (tertiary/aromatic N) is 4. The highest BCUT2D eigenvalue weighted by molar-refractivity contribution is 7.20. The summed E-state index contributed by atoms with van der Waals surface area (Å²) in [7, 11) is 0. The SMILES string of the molecule is CCc1ccc(Nc2nn3c(Cc4ccccc4)nnc3s2)cc1. The van der Waals surface area contributed by atoms with Crippen molar-refractivity contribution < 1.29 is 0 Å². The van der Waals surface area contributed by atoms with Crippen LogP contribution in [0.5, 0.6) is 0 Å². The molecule has 4 rings (SSSR count). The van der Waals surface area contributed by atoms with E-state index in [2.05, 4.69) is 63.9 Å². The van der Waals surface area contributed by atoms with Gasteiger partial charge in [-0.25, -0.2) is 0 Å². The van der Waals surface area contributed by atoms with Crippen LogP contribution in [0.2, 0.25) is 0 Å². The zero-order chi connectivity index (χ0) is 16.4. The standard InChI is InChI=1S/C18H17N5S/c1-2-13-8-10-15(11-9-13)19-17-22-23-16(20-21-18(23)24-17)12-14-6-4-3-5-7-14/h3-11H,2,12H2,1H3,(H,19,22). The van der Waals surface area contributed by atoms with E-state index in [0.29, 0.717) is 0 Å². The molecule has 6 heteroatoms. The summed E-state index contributed by atoms with van der Waals surface area (Å²) < 4.78 is 1.82. The third kappa shape index (κ3) is 3.00. The number of hydrogen-bond acceptors (Lipinski definition) is 5. The fourth-order valence-electron chi connectivity index (χ4n) is 2.54. The maximum atomic E-state index is 4.61. The van der Waals surface area contributed by atoms with E-state index in [1.807, 2.05) is 22.7 Å². The Hall–Kier alpha value is -2.73. The predicted molar refractivity (Wildman–Crippen MR) is 97.0 cm³/mol. The fraction of sp³-hybridized carbons (Fsp3) is 0.167. The molecule has 120 valence electrons. The van der Waals surface area contributed by atoms with Crippen LogP contribution in [-0.4, -0.2) is 19.8 Å². The molecule has 2 aromatic carbocycles. The van der Waals surface area contributed by atoms with Gasteiger partial charge in [-0.3, -0.25) is 0 Å². The smallest absolute Gasteiger partial charge is 0.236 e. The highest BCUT2D eigenvalue weighted by atomic mass is 32.1. The Balaban J connectivity index is 1.57. The second-order valence-corrected chi connectivity index (χ2v) is 6.51. The van der Waals surface area contributed by atoms with Crippen molar-refractivity contribution in [1.82, 2.24) is 19.8 Å². The zero-order valence-corrected chi connectivity index (χ0v) is 14.1. The van der Waals surface area contributed by atoms with Crippen LogP contribution in [0.4, 0.5) is 10.8 Å².